The molecule has 166 valence electrons. The van der Waals surface area contributed by atoms with Gasteiger partial charge in [-0.05, 0) is 61.0 Å². The second-order valence-corrected chi connectivity index (χ2v) is 9.09. The summed E-state index contributed by atoms with van der Waals surface area (Å²) in [4.78, 5) is 14.7. The number of rotatable bonds is 7. The summed E-state index contributed by atoms with van der Waals surface area (Å²) in [5.41, 5.74) is 1.60. The predicted octanol–water partition coefficient (Wildman–Crippen LogP) is 4.84. The fourth-order valence-corrected chi connectivity index (χ4v) is 3.88. The number of nitrogens with zero attached hydrogens (tertiary/aromatic N) is 1. The minimum absolute atomic E-state index is 0.0981. The van der Waals surface area contributed by atoms with Crippen LogP contribution in [0.3, 0.4) is 0 Å². The summed E-state index contributed by atoms with van der Waals surface area (Å²) in [6.07, 6.45) is 1.30. The van der Waals surface area contributed by atoms with E-state index in [2.05, 4.69) is 9.93 Å². The summed E-state index contributed by atoms with van der Waals surface area (Å²) in [7, 11) is -2.39. The molecule has 10 heteroatoms. The number of methoxy groups -OCH3 is 1. The molecule has 0 atom stereocenters. The Balaban J connectivity index is 1.73. The number of aryl methyl sites for hydroxylation is 1. The van der Waals surface area contributed by atoms with Gasteiger partial charge in [0.2, 0.25) is 0 Å². The maximum Gasteiger partial charge on any atom is 0.345 e. The first kappa shape index (κ1) is 23.6. The Hall–Kier alpha value is -3.07. The molecule has 0 aliphatic carbocycles. The van der Waals surface area contributed by atoms with Gasteiger partial charge in [-0.15, -0.1) is 0 Å². The van der Waals surface area contributed by atoms with Crippen molar-refractivity contribution in [3.05, 3.63) is 87.4 Å². The lowest BCUT2D eigenvalue weighted by Gasteiger charge is -2.11. The van der Waals surface area contributed by atoms with Crippen LogP contribution in [0.25, 0.3) is 0 Å². The zero-order valence-electron chi connectivity index (χ0n) is 17.0. The molecule has 3 aromatic rings. The first-order valence-corrected chi connectivity index (χ1v) is 11.4. The molecule has 0 aliphatic rings. The van der Waals surface area contributed by atoms with Crippen molar-refractivity contribution >= 4 is 45.4 Å². The van der Waals surface area contributed by atoms with Crippen LogP contribution >= 0.6 is 23.2 Å². The molecule has 3 rings (SSSR count). The van der Waals surface area contributed by atoms with E-state index < -0.39 is 16.0 Å². The van der Waals surface area contributed by atoms with Crippen LogP contribution < -0.4 is 14.3 Å². The van der Waals surface area contributed by atoms with Crippen LogP contribution in [-0.2, 0) is 10.0 Å². The van der Waals surface area contributed by atoms with E-state index in [4.69, 9.17) is 32.7 Å². The van der Waals surface area contributed by atoms with Crippen LogP contribution in [0.5, 0.6) is 11.5 Å². The first-order valence-electron chi connectivity index (χ1n) is 9.16. The molecule has 0 aromatic heterocycles. The molecule has 0 saturated heterocycles. The SMILES string of the molecule is COc1cc(/C=N/NS(=O)(=O)c2ccc(C)cc2)ccc1OC(=O)c1ccc(Cl)cc1Cl. The Morgan fingerprint density at radius 1 is 1.00 bits per heavy atom. The Labute approximate surface area is 195 Å². The Morgan fingerprint density at radius 2 is 1.72 bits per heavy atom. The average molecular weight is 493 g/mol. The van der Waals surface area contributed by atoms with Crippen LogP contribution in [0, 0.1) is 6.92 Å². The van der Waals surface area contributed by atoms with Crippen LogP contribution in [-0.4, -0.2) is 27.7 Å². The van der Waals surface area contributed by atoms with Crippen molar-refractivity contribution in [3.8, 4) is 11.5 Å². The number of hydrazone groups is 1. The van der Waals surface area contributed by atoms with Crippen molar-refractivity contribution in [1.29, 1.82) is 0 Å². The Kier molecular flexibility index (Phi) is 7.40. The zero-order valence-corrected chi connectivity index (χ0v) is 19.3. The third kappa shape index (κ3) is 5.79. The second kappa shape index (κ2) is 10.0. The van der Waals surface area contributed by atoms with E-state index in [9.17, 15) is 13.2 Å². The van der Waals surface area contributed by atoms with Crippen molar-refractivity contribution in [3.63, 3.8) is 0 Å². The Morgan fingerprint density at radius 3 is 2.38 bits per heavy atom. The van der Waals surface area contributed by atoms with E-state index >= 15 is 0 Å². The number of hydrogen-bond acceptors (Lipinski definition) is 6. The number of hydrogen-bond donors (Lipinski definition) is 1. The van der Waals surface area contributed by atoms with Crippen LogP contribution in [0.2, 0.25) is 10.0 Å². The van der Waals surface area contributed by atoms with Crippen molar-refractivity contribution in [1.82, 2.24) is 4.83 Å². The standard InChI is InChI=1S/C22H18Cl2N2O5S/c1-14-3-7-17(8-4-14)32(28,29)26-25-13-15-5-10-20(21(11-15)30-2)31-22(27)18-9-6-16(23)12-19(18)24/h3-13,26H,1-2H3/b25-13+. The smallest absolute Gasteiger partial charge is 0.345 e. The highest BCUT2D eigenvalue weighted by atomic mass is 35.5. The highest BCUT2D eigenvalue weighted by Gasteiger charge is 2.16. The minimum Gasteiger partial charge on any atom is -0.493 e. The number of benzene rings is 3. The van der Waals surface area contributed by atoms with Gasteiger partial charge >= 0.3 is 5.97 Å². The van der Waals surface area contributed by atoms with Gasteiger partial charge in [0.15, 0.2) is 11.5 Å². The lowest BCUT2D eigenvalue weighted by Crippen LogP contribution is -2.18. The van der Waals surface area contributed by atoms with Crippen LogP contribution in [0.15, 0.2) is 70.7 Å². The molecule has 3 aromatic carbocycles. The molecule has 0 heterocycles. The number of ether oxygens (including phenoxy) is 2. The third-order valence-electron chi connectivity index (χ3n) is 4.26. The lowest BCUT2D eigenvalue weighted by molar-refractivity contribution is 0.0730. The van der Waals surface area contributed by atoms with Gasteiger partial charge in [0.1, 0.15) is 0 Å². The zero-order chi connectivity index (χ0) is 23.3. The molecule has 0 saturated carbocycles. The summed E-state index contributed by atoms with van der Waals surface area (Å²) >= 11 is 11.9. The number of nitrogens with one attached hydrogen (secondary N) is 1. The van der Waals surface area contributed by atoms with Gasteiger partial charge in [0, 0.05) is 5.02 Å². The summed E-state index contributed by atoms with van der Waals surface area (Å²) in [6, 6.07) is 15.4. The predicted molar refractivity (Wildman–Crippen MR) is 124 cm³/mol. The molecular formula is C22H18Cl2N2O5S. The summed E-state index contributed by atoms with van der Waals surface area (Å²) in [6.45, 7) is 1.86. The fourth-order valence-electron chi connectivity index (χ4n) is 2.60. The highest BCUT2D eigenvalue weighted by Crippen LogP contribution is 2.30. The largest absolute Gasteiger partial charge is 0.493 e. The highest BCUT2D eigenvalue weighted by molar-refractivity contribution is 7.89. The van der Waals surface area contributed by atoms with Crippen LogP contribution in [0.1, 0.15) is 21.5 Å². The van der Waals surface area contributed by atoms with Gasteiger partial charge in [0.05, 0.1) is 28.8 Å². The number of carbonyl (C=O) groups excluding carboxylic acids is 1. The molecule has 1 N–H and O–H groups in total. The van der Waals surface area contributed by atoms with Gasteiger partial charge in [0.25, 0.3) is 10.0 Å². The van der Waals surface area contributed by atoms with Crippen molar-refractivity contribution < 1.29 is 22.7 Å². The quantitative estimate of drug-likeness (QED) is 0.220. The molecule has 0 unspecified atom stereocenters. The molecule has 7 nitrogen and oxygen atoms in total. The minimum atomic E-state index is -3.80. The molecule has 0 amide bonds. The van der Waals surface area contributed by atoms with E-state index in [-0.39, 0.29) is 27.0 Å². The molecule has 0 bridgehead atoms. The summed E-state index contributed by atoms with van der Waals surface area (Å²) < 4.78 is 35.2. The van der Waals surface area contributed by atoms with E-state index in [1.54, 1.807) is 18.2 Å². The number of sulfonamides is 1. The summed E-state index contributed by atoms with van der Waals surface area (Å²) in [5, 5.41) is 4.34. The lowest BCUT2D eigenvalue weighted by atomic mass is 10.2. The average Bonchev–Trinajstić information content (AvgIpc) is 2.74. The maximum absolute atomic E-state index is 12.4. The van der Waals surface area contributed by atoms with Gasteiger partial charge in [-0.25, -0.2) is 9.63 Å². The molecule has 0 fully saturated rings. The Bertz CT molecular complexity index is 1280. The summed E-state index contributed by atoms with van der Waals surface area (Å²) in [5.74, 6) is -0.285. The van der Waals surface area contributed by atoms with Crippen LogP contribution in [0.4, 0.5) is 0 Å². The number of halogens is 2. The van der Waals surface area contributed by atoms with E-state index in [1.807, 2.05) is 6.92 Å². The van der Waals surface area contributed by atoms with E-state index in [0.29, 0.717) is 10.6 Å². The molecule has 0 aliphatic heterocycles. The van der Waals surface area contributed by atoms with Crippen molar-refractivity contribution in [2.45, 2.75) is 11.8 Å². The van der Waals surface area contributed by atoms with Crippen molar-refractivity contribution in [2.75, 3.05) is 7.11 Å². The molecule has 0 spiro atoms. The molecule has 0 radical (unpaired) electrons. The van der Waals surface area contributed by atoms with Gasteiger partial charge < -0.3 is 9.47 Å². The fraction of sp³-hybridized carbons (Fsp3) is 0.0909. The normalized spacial score (nSPS) is 11.4. The van der Waals surface area contributed by atoms with Gasteiger partial charge in [-0.3, -0.25) is 0 Å². The van der Waals surface area contributed by atoms with E-state index in [0.717, 1.165) is 5.56 Å². The van der Waals surface area contributed by atoms with Gasteiger partial charge in [-0.1, -0.05) is 40.9 Å². The van der Waals surface area contributed by atoms with Crippen molar-refractivity contribution in [2.24, 2.45) is 5.10 Å². The third-order valence-corrected chi connectivity index (χ3v) is 6.05. The maximum atomic E-state index is 12.4. The topological polar surface area (TPSA) is 94.1 Å². The second-order valence-electron chi connectivity index (χ2n) is 6.59. The number of esters is 1. The number of carbonyl (C=O) groups is 1. The monoisotopic (exact) mass is 492 g/mol. The molecule has 32 heavy (non-hydrogen) atoms. The van der Waals surface area contributed by atoms with E-state index in [1.165, 1.54) is 55.8 Å². The first-order chi connectivity index (χ1) is 15.2. The van der Waals surface area contributed by atoms with Gasteiger partial charge in [-0.2, -0.15) is 13.5 Å². The molecular weight excluding hydrogens is 475 g/mol.